The Morgan fingerprint density at radius 2 is 1.77 bits per heavy atom. The number of rotatable bonds is 6. The van der Waals surface area contributed by atoms with Crippen LogP contribution in [0.1, 0.15) is 25.0 Å². The maximum atomic E-state index is 13.2. The summed E-state index contributed by atoms with van der Waals surface area (Å²) in [5, 5.41) is 9.09. The van der Waals surface area contributed by atoms with Gasteiger partial charge in [0.05, 0.1) is 16.5 Å². The van der Waals surface area contributed by atoms with Crippen LogP contribution in [0.2, 0.25) is 0 Å². The van der Waals surface area contributed by atoms with E-state index in [4.69, 9.17) is 0 Å². The summed E-state index contributed by atoms with van der Waals surface area (Å²) in [6, 6.07) is 12.6. The number of hydrogen-bond acceptors (Lipinski definition) is 4. The molecule has 3 aromatic rings. The van der Waals surface area contributed by atoms with Gasteiger partial charge in [-0.3, -0.25) is 9.89 Å². The third-order valence-corrected chi connectivity index (χ3v) is 5.78. The number of nitrogens with one attached hydrogen (secondary N) is 2. The van der Waals surface area contributed by atoms with Crippen LogP contribution in [0.3, 0.4) is 0 Å². The van der Waals surface area contributed by atoms with Crippen LogP contribution in [-0.4, -0.2) is 26.3 Å². The zero-order valence-corrected chi connectivity index (χ0v) is 17.4. The molecule has 5 nitrogen and oxygen atoms in total. The highest BCUT2D eigenvalue weighted by Crippen LogP contribution is 2.35. The Hall–Kier alpha value is -2.81. The molecule has 30 heavy (non-hydrogen) atoms. The van der Waals surface area contributed by atoms with E-state index in [2.05, 4.69) is 20.5 Å². The van der Waals surface area contributed by atoms with Gasteiger partial charge in [0.25, 0.3) is 0 Å². The molecule has 1 amide bonds. The molecule has 9 heteroatoms. The van der Waals surface area contributed by atoms with E-state index < -0.39 is 22.9 Å². The standard InChI is InChI=1S/C21H21F3N4OS/c1-12(2)17(19(29)25-16-7-5-4-6-15(16)21(22,23)24)30-20-26-18(27-28-20)14-10-8-13(3)9-11-14/h4-12,17H,1-3H3,(H,25,29)(H,26,27,28). The summed E-state index contributed by atoms with van der Waals surface area (Å²) >= 11 is 1.11. The van der Waals surface area contributed by atoms with Crippen molar-refractivity contribution in [3.63, 3.8) is 0 Å². The Bertz CT molecular complexity index is 1020. The number of para-hydroxylation sites is 1. The summed E-state index contributed by atoms with van der Waals surface area (Å²) in [4.78, 5) is 17.2. The first-order valence-corrected chi connectivity index (χ1v) is 10.2. The van der Waals surface area contributed by atoms with Crippen molar-refractivity contribution in [3.8, 4) is 11.4 Å². The van der Waals surface area contributed by atoms with Gasteiger partial charge in [-0.15, -0.1) is 5.10 Å². The molecule has 2 aromatic carbocycles. The van der Waals surface area contributed by atoms with Crippen LogP contribution >= 0.6 is 11.8 Å². The number of nitrogens with zero attached hydrogens (tertiary/aromatic N) is 2. The molecule has 158 valence electrons. The van der Waals surface area contributed by atoms with Crippen molar-refractivity contribution in [1.29, 1.82) is 0 Å². The lowest BCUT2D eigenvalue weighted by molar-refractivity contribution is -0.137. The lowest BCUT2D eigenvalue weighted by Gasteiger charge is -2.20. The number of thioether (sulfide) groups is 1. The monoisotopic (exact) mass is 434 g/mol. The van der Waals surface area contributed by atoms with E-state index in [9.17, 15) is 18.0 Å². The smallest absolute Gasteiger partial charge is 0.325 e. The Balaban J connectivity index is 1.77. The third kappa shape index (κ3) is 5.21. The van der Waals surface area contributed by atoms with Gasteiger partial charge in [0.15, 0.2) is 5.82 Å². The topological polar surface area (TPSA) is 70.7 Å². The lowest BCUT2D eigenvalue weighted by Crippen LogP contribution is -2.30. The maximum Gasteiger partial charge on any atom is 0.418 e. The van der Waals surface area contributed by atoms with E-state index in [0.29, 0.717) is 11.0 Å². The summed E-state index contributed by atoms with van der Waals surface area (Å²) in [5.41, 5.74) is 0.815. The van der Waals surface area contributed by atoms with Crippen LogP contribution in [-0.2, 0) is 11.0 Å². The number of aromatic amines is 1. The van der Waals surface area contributed by atoms with Crippen molar-refractivity contribution in [1.82, 2.24) is 15.2 Å². The highest BCUT2D eigenvalue weighted by atomic mass is 32.2. The minimum absolute atomic E-state index is 0.158. The van der Waals surface area contributed by atoms with Gasteiger partial charge in [0.1, 0.15) is 0 Å². The van der Waals surface area contributed by atoms with Crippen molar-refractivity contribution < 1.29 is 18.0 Å². The molecule has 0 aliphatic rings. The molecule has 0 aliphatic carbocycles. The van der Waals surface area contributed by atoms with E-state index in [-0.39, 0.29) is 11.6 Å². The first-order valence-electron chi connectivity index (χ1n) is 9.28. The molecular formula is C21H21F3N4OS. The number of H-pyrrole nitrogens is 1. The fourth-order valence-electron chi connectivity index (χ4n) is 2.79. The van der Waals surface area contributed by atoms with Crippen LogP contribution in [0.15, 0.2) is 53.7 Å². The second-order valence-corrected chi connectivity index (χ2v) is 8.26. The Morgan fingerprint density at radius 3 is 2.40 bits per heavy atom. The average Bonchev–Trinajstić information content (AvgIpc) is 3.14. The normalized spacial score (nSPS) is 12.8. The minimum Gasteiger partial charge on any atom is -0.325 e. The van der Waals surface area contributed by atoms with Gasteiger partial charge in [-0.2, -0.15) is 13.2 Å². The predicted octanol–water partition coefficient (Wildman–Crippen LogP) is 5.55. The molecule has 2 N–H and O–H groups in total. The van der Waals surface area contributed by atoms with E-state index in [0.717, 1.165) is 29.0 Å². The Labute approximate surface area is 176 Å². The van der Waals surface area contributed by atoms with Crippen molar-refractivity contribution in [2.45, 2.75) is 37.4 Å². The molecule has 1 unspecified atom stereocenters. The van der Waals surface area contributed by atoms with Crippen molar-refractivity contribution in [2.24, 2.45) is 5.92 Å². The van der Waals surface area contributed by atoms with Gasteiger partial charge in [-0.05, 0) is 25.0 Å². The summed E-state index contributed by atoms with van der Waals surface area (Å²) in [6.45, 7) is 5.62. The van der Waals surface area contributed by atoms with Crippen molar-refractivity contribution in [3.05, 3.63) is 59.7 Å². The summed E-state index contributed by atoms with van der Waals surface area (Å²) in [5.74, 6) is -0.134. The molecule has 0 radical (unpaired) electrons. The van der Waals surface area contributed by atoms with E-state index in [1.54, 1.807) is 0 Å². The Morgan fingerprint density at radius 1 is 1.10 bits per heavy atom. The zero-order valence-electron chi connectivity index (χ0n) is 16.6. The Kier molecular flexibility index (Phi) is 6.50. The molecule has 1 atom stereocenters. The van der Waals surface area contributed by atoms with Gasteiger partial charge < -0.3 is 5.32 Å². The number of carbonyl (C=O) groups is 1. The number of anilines is 1. The minimum atomic E-state index is -4.56. The van der Waals surface area contributed by atoms with E-state index >= 15 is 0 Å². The number of halogens is 3. The molecule has 0 saturated carbocycles. The van der Waals surface area contributed by atoms with Crippen molar-refractivity contribution >= 4 is 23.4 Å². The fraction of sp³-hybridized carbons (Fsp3) is 0.286. The molecule has 0 saturated heterocycles. The molecule has 0 fully saturated rings. The molecule has 0 spiro atoms. The quantitative estimate of drug-likeness (QED) is 0.499. The molecule has 1 aromatic heterocycles. The molecular weight excluding hydrogens is 413 g/mol. The second kappa shape index (κ2) is 8.91. The number of benzene rings is 2. The van der Waals surface area contributed by atoms with Gasteiger partial charge in [0, 0.05) is 5.56 Å². The number of aromatic nitrogens is 3. The highest BCUT2D eigenvalue weighted by molar-refractivity contribution is 8.00. The molecule has 0 aliphatic heterocycles. The number of carbonyl (C=O) groups excluding carboxylic acids is 1. The number of hydrogen-bond donors (Lipinski definition) is 2. The predicted molar refractivity (Wildman–Crippen MR) is 111 cm³/mol. The van der Waals surface area contributed by atoms with Gasteiger partial charge >= 0.3 is 6.18 Å². The van der Waals surface area contributed by atoms with Crippen LogP contribution in [0.25, 0.3) is 11.4 Å². The SMILES string of the molecule is Cc1ccc(-c2nc(SC(C(=O)Nc3ccccc3C(F)(F)F)C(C)C)n[nH]2)cc1. The molecule has 0 bridgehead atoms. The number of amides is 1. The van der Waals surface area contributed by atoms with Gasteiger partial charge in [-0.25, -0.2) is 4.98 Å². The van der Waals surface area contributed by atoms with Crippen molar-refractivity contribution in [2.75, 3.05) is 5.32 Å². The number of alkyl halides is 3. The van der Waals surface area contributed by atoms with Gasteiger partial charge in [0.2, 0.25) is 11.1 Å². The second-order valence-electron chi connectivity index (χ2n) is 7.15. The summed E-state index contributed by atoms with van der Waals surface area (Å²) in [6.07, 6.45) is -4.56. The van der Waals surface area contributed by atoms with Crippen LogP contribution in [0.4, 0.5) is 18.9 Å². The van der Waals surface area contributed by atoms with Gasteiger partial charge in [-0.1, -0.05) is 67.6 Å². The highest BCUT2D eigenvalue weighted by Gasteiger charge is 2.34. The third-order valence-electron chi connectivity index (χ3n) is 4.38. The average molecular weight is 434 g/mol. The summed E-state index contributed by atoms with van der Waals surface area (Å²) in [7, 11) is 0. The van der Waals surface area contributed by atoms with E-state index in [1.807, 2.05) is 45.0 Å². The summed E-state index contributed by atoms with van der Waals surface area (Å²) < 4.78 is 39.6. The largest absolute Gasteiger partial charge is 0.418 e. The fourth-order valence-corrected chi connectivity index (χ4v) is 3.70. The lowest BCUT2D eigenvalue weighted by atomic mass is 10.1. The van der Waals surface area contributed by atoms with Crippen LogP contribution < -0.4 is 5.32 Å². The molecule has 1 heterocycles. The zero-order chi connectivity index (χ0) is 21.9. The first-order chi connectivity index (χ1) is 14.1. The van der Waals surface area contributed by atoms with E-state index in [1.165, 1.54) is 18.2 Å². The molecule has 3 rings (SSSR count). The first kappa shape index (κ1) is 21.9. The van der Waals surface area contributed by atoms with Crippen LogP contribution in [0.5, 0.6) is 0 Å². The number of aryl methyl sites for hydroxylation is 1. The maximum absolute atomic E-state index is 13.2. The van der Waals surface area contributed by atoms with Crippen LogP contribution in [0, 0.1) is 12.8 Å².